The number of carbonyl (C=O) groups is 1. The van der Waals surface area contributed by atoms with Gasteiger partial charge in [-0.3, -0.25) is 4.79 Å². The molecule has 1 amide bonds. The van der Waals surface area contributed by atoms with E-state index >= 15 is 0 Å². The van der Waals surface area contributed by atoms with Gasteiger partial charge in [-0.15, -0.1) is 0 Å². The highest BCUT2D eigenvalue weighted by Gasteiger charge is 2.36. The molecule has 21 heavy (non-hydrogen) atoms. The lowest BCUT2D eigenvalue weighted by molar-refractivity contribution is -0.113. The molecule has 0 aromatic heterocycles. The number of rotatable bonds is 4. The van der Waals surface area contributed by atoms with Crippen LogP contribution in [0, 0.1) is 0 Å². The van der Waals surface area contributed by atoms with E-state index in [0.717, 1.165) is 0 Å². The van der Waals surface area contributed by atoms with Crippen LogP contribution in [0.3, 0.4) is 0 Å². The Labute approximate surface area is 128 Å². The van der Waals surface area contributed by atoms with E-state index in [1.807, 2.05) is 0 Å². The molecule has 0 aliphatic carbocycles. The Balaban J connectivity index is 2.04. The minimum absolute atomic E-state index is 0.262. The summed E-state index contributed by atoms with van der Waals surface area (Å²) in [6.45, 7) is 2.10. The van der Waals surface area contributed by atoms with E-state index in [9.17, 15) is 13.2 Å². The van der Waals surface area contributed by atoms with Gasteiger partial charge < -0.3 is 15.8 Å². The first-order chi connectivity index (χ1) is 9.79. The molecule has 2 rings (SSSR count). The third kappa shape index (κ3) is 3.87. The number of carbonyl (C=O) groups excluding carboxylic acids is 1. The Bertz CT molecular complexity index is 648. The van der Waals surface area contributed by atoms with Gasteiger partial charge in [0.25, 0.3) is 0 Å². The van der Waals surface area contributed by atoms with Crippen LogP contribution in [0.2, 0.25) is 5.02 Å². The Morgan fingerprint density at radius 3 is 2.81 bits per heavy atom. The highest BCUT2D eigenvalue weighted by molar-refractivity contribution is 7.92. The van der Waals surface area contributed by atoms with Gasteiger partial charge in [-0.1, -0.05) is 11.6 Å². The molecule has 1 fully saturated rings. The van der Waals surface area contributed by atoms with Crippen LogP contribution >= 0.6 is 11.6 Å². The zero-order valence-corrected chi connectivity index (χ0v) is 13.1. The van der Waals surface area contributed by atoms with Gasteiger partial charge in [0.2, 0.25) is 5.91 Å². The Kier molecular flexibility index (Phi) is 4.75. The fourth-order valence-electron chi connectivity index (χ4n) is 2.29. The molecule has 116 valence electrons. The zero-order valence-electron chi connectivity index (χ0n) is 11.5. The second-order valence-corrected chi connectivity index (χ2v) is 7.62. The molecule has 2 atom stereocenters. The van der Waals surface area contributed by atoms with Crippen molar-refractivity contribution in [2.45, 2.75) is 24.7 Å². The highest BCUT2D eigenvalue weighted by atomic mass is 35.5. The number of benzene rings is 1. The summed E-state index contributed by atoms with van der Waals surface area (Å²) in [4.78, 5) is 11.9. The van der Waals surface area contributed by atoms with Crippen molar-refractivity contribution in [3.63, 3.8) is 0 Å². The first-order valence-electron chi connectivity index (χ1n) is 6.47. The first-order valence-corrected chi connectivity index (χ1v) is 8.57. The molecule has 0 radical (unpaired) electrons. The van der Waals surface area contributed by atoms with Gasteiger partial charge in [-0.05, 0) is 31.5 Å². The van der Waals surface area contributed by atoms with Crippen LogP contribution < -0.4 is 11.1 Å². The number of ether oxygens (including phenoxy) is 1. The Morgan fingerprint density at radius 2 is 2.24 bits per heavy atom. The van der Waals surface area contributed by atoms with E-state index in [2.05, 4.69) is 5.32 Å². The minimum Gasteiger partial charge on any atom is -0.399 e. The molecular formula is C13H17ClN2O4S. The van der Waals surface area contributed by atoms with Gasteiger partial charge in [0.15, 0.2) is 9.84 Å². The molecule has 0 bridgehead atoms. The molecule has 3 N–H and O–H groups in total. The number of amides is 1. The van der Waals surface area contributed by atoms with Crippen molar-refractivity contribution in [1.82, 2.24) is 0 Å². The summed E-state index contributed by atoms with van der Waals surface area (Å²) in [5, 5.41) is 2.11. The molecule has 0 spiro atoms. The van der Waals surface area contributed by atoms with Gasteiger partial charge in [0.1, 0.15) is 5.75 Å². The van der Waals surface area contributed by atoms with E-state index in [0.29, 0.717) is 24.4 Å². The average molecular weight is 333 g/mol. The molecule has 1 aromatic rings. The fraction of sp³-hybridized carbons (Fsp3) is 0.462. The van der Waals surface area contributed by atoms with E-state index in [4.69, 9.17) is 22.1 Å². The van der Waals surface area contributed by atoms with Crippen LogP contribution in [0.1, 0.15) is 13.3 Å². The SMILES string of the molecule is CC1OCCC1S(=O)(=O)CC(=O)Nc1ccc(N)cc1Cl. The number of nitrogen functional groups attached to an aromatic ring is 1. The number of hydrogen-bond acceptors (Lipinski definition) is 5. The van der Waals surface area contributed by atoms with Crippen molar-refractivity contribution < 1.29 is 17.9 Å². The van der Waals surface area contributed by atoms with Crippen LogP contribution in [0.25, 0.3) is 0 Å². The summed E-state index contributed by atoms with van der Waals surface area (Å²) in [7, 11) is -3.55. The average Bonchev–Trinajstić information content (AvgIpc) is 2.79. The van der Waals surface area contributed by atoms with Crippen LogP contribution in [-0.2, 0) is 19.4 Å². The Morgan fingerprint density at radius 1 is 1.52 bits per heavy atom. The van der Waals surface area contributed by atoms with Gasteiger partial charge >= 0.3 is 0 Å². The predicted octanol–water partition coefficient (Wildman–Crippen LogP) is 1.45. The van der Waals surface area contributed by atoms with Gasteiger partial charge in [-0.2, -0.15) is 0 Å². The van der Waals surface area contributed by atoms with Crippen molar-refractivity contribution in [3.05, 3.63) is 23.2 Å². The molecule has 1 aliphatic rings. The minimum atomic E-state index is -3.55. The summed E-state index contributed by atoms with van der Waals surface area (Å²) < 4.78 is 29.6. The van der Waals surface area contributed by atoms with Crippen molar-refractivity contribution in [3.8, 4) is 0 Å². The molecule has 1 aliphatic heterocycles. The van der Waals surface area contributed by atoms with Crippen molar-refractivity contribution in [1.29, 1.82) is 0 Å². The van der Waals surface area contributed by atoms with Gasteiger partial charge in [0, 0.05) is 12.3 Å². The molecule has 6 nitrogen and oxygen atoms in total. The van der Waals surface area contributed by atoms with Crippen LogP contribution in [0.15, 0.2) is 18.2 Å². The number of halogens is 1. The standard InChI is InChI=1S/C13H17ClN2O4S/c1-8-12(4-5-20-8)21(18,19)7-13(17)16-11-3-2-9(15)6-10(11)14/h2-3,6,8,12H,4-5,7,15H2,1H3,(H,16,17). The summed E-state index contributed by atoms with van der Waals surface area (Å²) in [6, 6.07) is 4.59. The maximum atomic E-state index is 12.2. The van der Waals surface area contributed by atoms with E-state index < -0.39 is 26.7 Å². The third-order valence-corrected chi connectivity index (χ3v) is 5.89. The summed E-state index contributed by atoms with van der Waals surface area (Å²) in [5.41, 5.74) is 6.35. The maximum absolute atomic E-state index is 12.2. The molecule has 8 heteroatoms. The van der Waals surface area contributed by atoms with Crippen LogP contribution in [-0.4, -0.2) is 38.0 Å². The summed E-state index contributed by atoms with van der Waals surface area (Å²) in [6.07, 6.45) is 0.0299. The molecule has 1 heterocycles. The molecular weight excluding hydrogens is 316 g/mol. The molecule has 1 aromatic carbocycles. The predicted molar refractivity (Wildman–Crippen MR) is 82.1 cm³/mol. The highest BCUT2D eigenvalue weighted by Crippen LogP contribution is 2.25. The molecule has 1 saturated heterocycles. The number of hydrogen-bond donors (Lipinski definition) is 2. The summed E-state index contributed by atoms with van der Waals surface area (Å²) >= 11 is 5.93. The monoisotopic (exact) mass is 332 g/mol. The van der Waals surface area contributed by atoms with E-state index in [-0.39, 0.29) is 11.1 Å². The maximum Gasteiger partial charge on any atom is 0.239 e. The van der Waals surface area contributed by atoms with Crippen LogP contribution in [0.4, 0.5) is 11.4 Å². The van der Waals surface area contributed by atoms with Crippen molar-refractivity contribution >= 4 is 38.7 Å². The van der Waals surface area contributed by atoms with Crippen molar-refractivity contribution in [2.75, 3.05) is 23.4 Å². The van der Waals surface area contributed by atoms with Gasteiger partial charge in [0.05, 0.1) is 22.1 Å². The summed E-state index contributed by atoms with van der Waals surface area (Å²) in [5.74, 6) is -1.22. The normalized spacial score (nSPS) is 22.2. The lowest BCUT2D eigenvalue weighted by Crippen LogP contribution is -2.34. The second kappa shape index (κ2) is 6.21. The topological polar surface area (TPSA) is 98.5 Å². The smallest absolute Gasteiger partial charge is 0.239 e. The lowest BCUT2D eigenvalue weighted by Gasteiger charge is -2.15. The second-order valence-electron chi connectivity index (χ2n) is 5.00. The zero-order chi connectivity index (χ0) is 15.6. The quantitative estimate of drug-likeness (QED) is 0.813. The number of nitrogens with two attached hydrogens (primary N) is 1. The lowest BCUT2D eigenvalue weighted by atomic mass is 10.3. The van der Waals surface area contributed by atoms with Crippen LogP contribution in [0.5, 0.6) is 0 Å². The van der Waals surface area contributed by atoms with E-state index in [1.165, 1.54) is 12.1 Å². The molecule has 2 unspecified atom stereocenters. The third-order valence-electron chi connectivity index (χ3n) is 3.37. The van der Waals surface area contributed by atoms with Gasteiger partial charge in [-0.25, -0.2) is 8.42 Å². The number of nitrogens with one attached hydrogen (secondary N) is 1. The first kappa shape index (κ1) is 16.1. The number of sulfone groups is 1. The van der Waals surface area contributed by atoms with Crippen molar-refractivity contribution in [2.24, 2.45) is 0 Å². The largest absolute Gasteiger partial charge is 0.399 e. The molecule has 0 saturated carbocycles. The van der Waals surface area contributed by atoms with E-state index in [1.54, 1.807) is 13.0 Å². The number of anilines is 2. The fourth-order valence-corrected chi connectivity index (χ4v) is 4.30. The Hall–Kier alpha value is -1.31.